The van der Waals surface area contributed by atoms with Crippen LogP contribution in [0.2, 0.25) is 0 Å². The maximum Gasteiger partial charge on any atom is 0.0726 e. The average molecular weight is 901 g/mol. The van der Waals surface area contributed by atoms with Crippen LogP contribution in [0.1, 0.15) is 22.3 Å². The van der Waals surface area contributed by atoms with Crippen LogP contribution < -0.4 is 4.90 Å². The molecular formula is C69H44N2. The fourth-order valence-corrected chi connectivity index (χ4v) is 12.8. The van der Waals surface area contributed by atoms with Gasteiger partial charge in [0.15, 0.2) is 0 Å². The molecule has 13 aromatic rings. The highest BCUT2D eigenvalue weighted by Gasteiger charge is 2.52. The summed E-state index contributed by atoms with van der Waals surface area (Å²) in [6.07, 6.45) is 0. The second-order valence-corrected chi connectivity index (χ2v) is 19.1. The summed E-state index contributed by atoms with van der Waals surface area (Å²) in [4.78, 5) is 2.45. The van der Waals surface area contributed by atoms with Gasteiger partial charge in [-0.05, 0) is 155 Å². The van der Waals surface area contributed by atoms with Gasteiger partial charge in [-0.3, -0.25) is 0 Å². The SMILES string of the molecule is c1ccc(-c2c3ccccc3c(-c3ccc4c(c3)C3(c5ccccc5-c5ccccc53)c3cc(N(c5ccccc5)c5ccc6c(c5)c5ccccc5n6-c5ccccc5)ccc3-4)c3ccccc23)cc1. The molecule has 15 rings (SSSR count). The summed E-state index contributed by atoms with van der Waals surface area (Å²) in [7, 11) is 0. The molecule has 1 aromatic heterocycles. The molecule has 0 fully saturated rings. The van der Waals surface area contributed by atoms with Gasteiger partial charge in [-0.15, -0.1) is 0 Å². The number of rotatable bonds is 6. The van der Waals surface area contributed by atoms with Crippen LogP contribution >= 0.6 is 0 Å². The zero-order valence-electron chi connectivity index (χ0n) is 38.8. The Bertz CT molecular complexity index is 4180. The molecule has 2 aliphatic carbocycles. The molecule has 2 aliphatic rings. The summed E-state index contributed by atoms with van der Waals surface area (Å²) in [6, 6.07) is 99.2. The lowest BCUT2D eigenvalue weighted by atomic mass is 9.70. The molecule has 2 heteroatoms. The fourth-order valence-electron chi connectivity index (χ4n) is 12.8. The summed E-state index contributed by atoms with van der Waals surface area (Å²) in [5.74, 6) is 0. The standard InChI is InChI=1S/C69H44N2/c1-4-20-45(21-5-1)67-56-29-10-12-31-58(56)68(59-32-13-11-30-57(59)67)46-36-39-53-54-40-37-50(44-64(54)69(63(53)42-46)61-33-17-14-26-51(61)52-27-15-18-34-62(52)69)70(47-22-6-2-7-23-47)49-38-41-66-60(43-49)55-28-16-19-35-65(55)71(66)48-24-8-3-9-25-48/h1-44H. The Balaban J connectivity index is 0.982. The second-order valence-electron chi connectivity index (χ2n) is 19.1. The third-order valence-electron chi connectivity index (χ3n) is 15.6. The van der Waals surface area contributed by atoms with Gasteiger partial charge < -0.3 is 9.47 Å². The minimum absolute atomic E-state index is 0.575. The molecule has 0 saturated carbocycles. The van der Waals surface area contributed by atoms with E-state index in [2.05, 4.69) is 276 Å². The van der Waals surface area contributed by atoms with Crippen molar-refractivity contribution in [3.8, 4) is 50.2 Å². The number of nitrogens with zero attached hydrogens (tertiary/aromatic N) is 2. The topological polar surface area (TPSA) is 8.17 Å². The summed E-state index contributed by atoms with van der Waals surface area (Å²) < 4.78 is 2.39. The van der Waals surface area contributed by atoms with Gasteiger partial charge in [-0.1, -0.05) is 200 Å². The molecule has 12 aromatic carbocycles. The summed E-state index contributed by atoms with van der Waals surface area (Å²) in [6.45, 7) is 0. The van der Waals surface area contributed by atoms with Crippen molar-refractivity contribution < 1.29 is 0 Å². The molecule has 0 bridgehead atoms. The molecule has 0 radical (unpaired) electrons. The van der Waals surface area contributed by atoms with E-state index in [1.807, 2.05) is 0 Å². The summed E-state index contributed by atoms with van der Waals surface area (Å²) in [5.41, 5.74) is 21.7. The van der Waals surface area contributed by atoms with E-state index in [0.717, 1.165) is 22.7 Å². The molecule has 0 N–H and O–H groups in total. The van der Waals surface area contributed by atoms with E-state index in [1.165, 1.54) is 110 Å². The van der Waals surface area contributed by atoms with Crippen molar-refractivity contribution in [1.29, 1.82) is 0 Å². The van der Waals surface area contributed by atoms with Crippen LogP contribution in [0.25, 0.3) is 93.5 Å². The first-order valence-corrected chi connectivity index (χ1v) is 24.7. The van der Waals surface area contributed by atoms with Crippen molar-refractivity contribution in [2.75, 3.05) is 4.90 Å². The fraction of sp³-hybridized carbons (Fsp3) is 0.0145. The summed E-state index contributed by atoms with van der Waals surface area (Å²) in [5, 5.41) is 7.48. The molecule has 0 saturated heterocycles. The van der Waals surface area contributed by atoms with Crippen LogP contribution in [0.5, 0.6) is 0 Å². The van der Waals surface area contributed by atoms with Gasteiger partial charge in [0.25, 0.3) is 0 Å². The van der Waals surface area contributed by atoms with Gasteiger partial charge in [0.2, 0.25) is 0 Å². The number of para-hydroxylation sites is 3. The number of aromatic nitrogens is 1. The normalized spacial score (nSPS) is 12.9. The molecule has 0 amide bonds. The van der Waals surface area contributed by atoms with Gasteiger partial charge in [-0.2, -0.15) is 0 Å². The van der Waals surface area contributed by atoms with Crippen molar-refractivity contribution in [3.63, 3.8) is 0 Å². The van der Waals surface area contributed by atoms with Crippen molar-refractivity contribution in [1.82, 2.24) is 4.57 Å². The van der Waals surface area contributed by atoms with Crippen LogP contribution in [-0.4, -0.2) is 4.57 Å². The minimum Gasteiger partial charge on any atom is -0.310 e. The predicted octanol–water partition coefficient (Wildman–Crippen LogP) is 18.2. The van der Waals surface area contributed by atoms with E-state index in [9.17, 15) is 0 Å². The first-order valence-electron chi connectivity index (χ1n) is 24.7. The Labute approximate surface area is 412 Å². The first kappa shape index (κ1) is 39.7. The zero-order chi connectivity index (χ0) is 46.6. The van der Waals surface area contributed by atoms with E-state index in [0.29, 0.717) is 0 Å². The Morgan fingerprint density at radius 3 is 1.37 bits per heavy atom. The van der Waals surface area contributed by atoms with Crippen LogP contribution in [-0.2, 0) is 5.41 Å². The van der Waals surface area contributed by atoms with Crippen molar-refractivity contribution in [2.45, 2.75) is 5.41 Å². The monoisotopic (exact) mass is 900 g/mol. The predicted molar refractivity (Wildman–Crippen MR) is 298 cm³/mol. The molecular weight excluding hydrogens is 857 g/mol. The maximum atomic E-state index is 2.55. The van der Waals surface area contributed by atoms with E-state index < -0.39 is 5.41 Å². The van der Waals surface area contributed by atoms with Gasteiger partial charge in [-0.25, -0.2) is 0 Å². The number of anilines is 3. The highest BCUT2D eigenvalue weighted by Crippen LogP contribution is 2.64. The lowest BCUT2D eigenvalue weighted by molar-refractivity contribution is 0.794. The molecule has 0 atom stereocenters. The van der Waals surface area contributed by atoms with Crippen molar-refractivity contribution >= 4 is 60.4 Å². The van der Waals surface area contributed by atoms with Crippen molar-refractivity contribution in [2.24, 2.45) is 0 Å². The third kappa shape index (κ3) is 5.65. The van der Waals surface area contributed by atoms with Gasteiger partial charge >= 0.3 is 0 Å². The number of hydrogen-bond acceptors (Lipinski definition) is 1. The number of fused-ring (bicyclic) bond motifs is 15. The molecule has 2 nitrogen and oxygen atoms in total. The Morgan fingerprint density at radius 2 is 0.718 bits per heavy atom. The molecule has 1 spiro atoms. The molecule has 1 heterocycles. The lowest BCUT2D eigenvalue weighted by Crippen LogP contribution is -2.26. The van der Waals surface area contributed by atoms with Gasteiger partial charge in [0, 0.05) is 33.5 Å². The number of hydrogen-bond donors (Lipinski definition) is 0. The highest BCUT2D eigenvalue weighted by molar-refractivity contribution is 6.21. The van der Waals surface area contributed by atoms with Gasteiger partial charge in [0.05, 0.1) is 16.4 Å². The Kier molecular flexibility index (Phi) is 8.61. The minimum atomic E-state index is -0.575. The van der Waals surface area contributed by atoms with Gasteiger partial charge in [0.1, 0.15) is 0 Å². The second kappa shape index (κ2) is 15.4. The molecule has 330 valence electrons. The first-order chi connectivity index (χ1) is 35.3. The van der Waals surface area contributed by atoms with Crippen LogP contribution in [0.15, 0.2) is 267 Å². The van der Waals surface area contributed by atoms with E-state index in [-0.39, 0.29) is 0 Å². The van der Waals surface area contributed by atoms with Crippen LogP contribution in [0.3, 0.4) is 0 Å². The Morgan fingerprint density at radius 1 is 0.268 bits per heavy atom. The van der Waals surface area contributed by atoms with E-state index in [4.69, 9.17) is 0 Å². The largest absolute Gasteiger partial charge is 0.310 e. The highest BCUT2D eigenvalue weighted by atomic mass is 15.1. The third-order valence-corrected chi connectivity index (χ3v) is 15.6. The average Bonchev–Trinajstić information content (AvgIpc) is 4.05. The molecule has 0 unspecified atom stereocenters. The quantitative estimate of drug-likeness (QED) is 0.151. The number of benzene rings is 12. The lowest BCUT2D eigenvalue weighted by Gasteiger charge is -2.32. The van der Waals surface area contributed by atoms with Crippen molar-refractivity contribution in [3.05, 3.63) is 289 Å². The smallest absolute Gasteiger partial charge is 0.0726 e. The zero-order valence-corrected chi connectivity index (χ0v) is 38.8. The summed E-state index contributed by atoms with van der Waals surface area (Å²) >= 11 is 0. The molecule has 0 aliphatic heterocycles. The molecule has 71 heavy (non-hydrogen) atoms. The van der Waals surface area contributed by atoms with E-state index in [1.54, 1.807) is 0 Å². The van der Waals surface area contributed by atoms with E-state index >= 15 is 0 Å². The van der Waals surface area contributed by atoms with Crippen LogP contribution in [0, 0.1) is 0 Å². The maximum absolute atomic E-state index is 2.55. The van der Waals surface area contributed by atoms with Crippen LogP contribution in [0.4, 0.5) is 17.1 Å². The Hall–Kier alpha value is -9.24.